The van der Waals surface area contributed by atoms with Crippen LogP contribution in [-0.4, -0.2) is 65.4 Å². The molecule has 3 aromatic carbocycles. The monoisotopic (exact) mass is 629 g/mol. The van der Waals surface area contributed by atoms with Crippen molar-refractivity contribution in [2.75, 3.05) is 19.6 Å². The lowest BCUT2D eigenvalue weighted by molar-refractivity contribution is 0.0603. The van der Waals surface area contributed by atoms with Crippen LogP contribution in [0, 0.1) is 12.7 Å². The molecule has 3 aliphatic heterocycles. The Labute approximate surface area is 264 Å². The molecule has 3 saturated heterocycles. The third kappa shape index (κ3) is 5.57. The molecule has 4 heterocycles. The molecule has 0 aliphatic carbocycles. The van der Waals surface area contributed by atoms with Gasteiger partial charge in [0.1, 0.15) is 11.6 Å². The average molecular weight is 630 g/mol. The maximum absolute atomic E-state index is 14.7. The molecular weight excluding hydrogens is 589 g/mol. The number of amides is 1. The van der Waals surface area contributed by atoms with Gasteiger partial charge in [-0.05, 0) is 99.7 Å². The van der Waals surface area contributed by atoms with E-state index in [1.54, 1.807) is 4.90 Å². The minimum absolute atomic E-state index is 0.105. The quantitative estimate of drug-likeness (QED) is 0.288. The lowest BCUT2D eigenvalue weighted by Gasteiger charge is -2.45. The largest absolute Gasteiger partial charge is 0.338 e. The number of aryl methyl sites for hydroxylation is 1. The topological polar surface area (TPSA) is 102 Å². The van der Waals surface area contributed by atoms with Crippen LogP contribution in [0.15, 0.2) is 77.7 Å². The third-order valence-corrected chi connectivity index (χ3v) is 11.6. The van der Waals surface area contributed by atoms with E-state index in [1.165, 1.54) is 23.9 Å². The molecule has 3 atom stereocenters. The number of piperidine rings is 2. The van der Waals surface area contributed by atoms with E-state index in [4.69, 9.17) is 10.1 Å². The number of nitrogens with two attached hydrogens (primary N) is 1. The maximum Gasteiger partial charge on any atom is 0.256 e. The fourth-order valence-electron chi connectivity index (χ4n) is 8.42. The van der Waals surface area contributed by atoms with Crippen molar-refractivity contribution >= 4 is 27.0 Å². The second kappa shape index (κ2) is 11.6. The summed E-state index contributed by atoms with van der Waals surface area (Å²) in [5, 5.41) is 5.25. The highest BCUT2D eigenvalue weighted by Crippen LogP contribution is 2.45. The summed E-state index contributed by atoms with van der Waals surface area (Å²) in [5.74, 6) is -0.151. The molecule has 0 radical (unpaired) electrons. The van der Waals surface area contributed by atoms with Gasteiger partial charge in [0.25, 0.3) is 5.91 Å². The summed E-state index contributed by atoms with van der Waals surface area (Å²) in [6.45, 7) is 4.06. The molecule has 1 amide bonds. The van der Waals surface area contributed by atoms with Gasteiger partial charge in [0, 0.05) is 31.2 Å². The number of benzene rings is 3. The molecule has 10 heteroatoms. The molecule has 7 rings (SSSR count). The Bertz CT molecular complexity index is 1820. The number of rotatable bonds is 7. The number of hydrogen-bond acceptors (Lipinski definition) is 5. The van der Waals surface area contributed by atoms with Gasteiger partial charge in [-0.3, -0.25) is 9.69 Å². The first kappa shape index (κ1) is 30.1. The molecule has 1 aromatic heterocycles. The number of hydrogen-bond donors (Lipinski definition) is 1. The molecule has 45 heavy (non-hydrogen) atoms. The van der Waals surface area contributed by atoms with Crippen LogP contribution in [0.4, 0.5) is 4.39 Å². The summed E-state index contributed by atoms with van der Waals surface area (Å²) in [4.78, 5) is 22.4. The number of sulfonamides is 1. The van der Waals surface area contributed by atoms with E-state index in [0.29, 0.717) is 31.2 Å². The predicted molar refractivity (Wildman–Crippen MR) is 172 cm³/mol. The third-order valence-electron chi connectivity index (χ3n) is 10.7. The van der Waals surface area contributed by atoms with Crippen LogP contribution < -0.4 is 5.14 Å². The maximum atomic E-state index is 14.7. The number of fused-ring (bicyclic) bond motifs is 3. The Hall–Kier alpha value is -3.60. The van der Waals surface area contributed by atoms with Crippen molar-refractivity contribution in [2.45, 2.75) is 80.3 Å². The number of primary sulfonamides is 1. The summed E-state index contributed by atoms with van der Waals surface area (Å²) >= 11 is 0. The van der Waals surface area contributed by atoms with E-state index < -0.39 is 21.7 Å². The normalized spacial score (nSPS) is 23.4. The van der Waals surface area contributed by atoms with Gasteiger partial charge in [0.05, 0.1) is 21.5 Å². The zero-order valence-electron chi connectivity index (χ0n) is 25.6. The van der Waals surface area contributed by atoms with Crippen LogP contribution in [0.2, 0.25) is 0 Å². The van der Waals surface area contributed by atoms with Gasteiger partial charge in [-0.2, -0.15) is 0 Å². The van der Waals surface area contributed by atoms with Crippen molar-refractivity contribution in [3.8, 4) is 0 Å². The van der Waals surface area contributed by atoms with Gasteiger partial charge in [0.15, 0.2) is 0 Å². The van der Waals surface area contributed by atoms with Crippen LogP contribution in [0.1, 0.15) is 72.7 Å². The van der Waals surface area contributed by atoms with Crippen molar-refractivity contribution in [3.05, 3.63) is 95.6 Å². The predicted octanol–water partition coefficient (Wildman–Crippen LogP) is 5.56. The number of para-hydroxylation sites is 2. The summed E-state index contributed by atoms with van der Waals surface area (Å²) in [6, 6.07) is 23.7. The van der Waals surface area contributed by atoms with Gasteiger partial charge in [0.2, 0.25) is 10.0 Å². The average Bonchev–Trinajstić information content (AvgIpc) is 3.50. The summed E-state index contributed by atoms with van der Waals surface area (Å²) < 4.78 is 40.9. The number of nitrogens with zero attached hydrogens (tertiary/aromatic N) is 4. The lowest BCUT2D eigenvalue weighted by atomic mass is 9.70. The van der Waals surface area contributed by atoms with Crippen molar-refractivity contribution < 1.29 is 17.6 Å². The zero-order valence-corrected chi connectivity index (χ0v) is 26.4. The molecule has 0 saturated carbocycles. The highest BCUT2D eigenvalue weighted by Gasteiger charge is 2.44. The molecule has 3 fully saturated rings. The minimum atomic E-state index is -4.06. The SMILES string of the molecule is Cc1nc2ccccc2n1C1C[C@H]2CC[C@@H](C1)N2CCC1(c2ccccc2)CCN(C(=O)c2cc(S(N)(=O)=O)ccc2F)CC1. The van der Waals surface area contributed by atoms with Crippen LogP contribution in [0.3, 0.4) is 0 Å². The molecule has 8 nitrogen and oxygen atoms in total. The van der Waals surface area contributed by atoms with Crippen molar-refractivity contribution in [1.82, 2.24) is 19.4 Å². The smallest absolute Gasteiger partial charge is 0.256 e. The molecular formula is C35H40FN5O3S. The van der Waals surface area contributed by atoms with Crippen LogP contribution in [0.25, 0.3) is 11.0 Å². The molecule has 0 spiro atoms. The first-order valence-electron chi connectivity index (χ1n) is 16.0. The fourth-order valence-corrected chi connectivity index (χ4v) is 8.96. The molecule has 2 N–H and O–H groups in total. The highest BCUT2D eigenvalue weighted by molar-refractivity contribution is 7.89. The summed E-state index contributed by atoms with van der Waals surface area (Å²) in [5.41, 5.74) is 3.22. The van der Waals surface area contributed by atoms with E-state index in [1.807, 2.05) is 6.07 Å². The summed E-state index contributed by atoms with van der Waals surface area (Å²) in [7, 11) is -4.06. The zero-order chi connectivity index (χ0) is 31.3. The lowest BCUT2D eigenvalue weighted by Crippen LogP contribution is -2.49. The first-order chi connectivity index (χ1) is 21.6. The minimum Gasteiger partial charge on any atom is -0.338 e. The molecule has 2 bridgehead atoms. The van der Waals surface area contributed by atoms with Gasteiger partial charge in [-0.1, -0.05) is 42.5 Å². The van der Waals surface area contributed by atoms with E-state index in [9.17, 15) is 17.6 Å². The van der Waals surface area contributed by atoms with E-state index in [-0.39, 0.29) is 15.9 Å². The van der Waals surface area contributed by atoms with Crippen LogP contribution >= 0.6 is 0 Å². The fraction of sp³-hybridized carbons (Fsp3) is 0.429. The van der Waals surface area contributed by atoms with E-state index in [0.717, 1.165) is 68.2 Å². The Morgan fingerprint density at radius 3 is 2.31 bits per heavy atom. The Balaban J connectivity index is 1.07. The molecule has 3 aliphatic rings. The highest BCUT2D eigenvalue weighted by atomic mass is 32.2. The van der Waals surface area contributed by atoms with Crippen molar-refractivity contribution in [3.63, 3.8) is 0 Å². The standard InChI is InChI=1S/C35H40FN5O3S/c1-24-38-32-9-5-6-10-33(32)41(24)28-21-26-11-12-27(22-28)40(26)20-17-35(25-7-3-2-4-8-25)15-18-39(19-16-35)34(42)30-23-29(45(37,43)44)13-14-31(30)36/h2-10,13-14,23,26-28H,11-12,15-22H2,1H3,(H2,37,43,44)/t26-,27+,28?. The van der Waals surface area contributed by atoms with Crippen LogP contribution in [0.5, 0.6) is 0 Å². The second-order valence-corrected chi connectivity index (χ2v) is 14.7. The van der Waals surface area contributed by atoms with Gasteiger partial charge in [-0.15, -0.1) is 0 Å². The van der Waals surface area contributed by atoms with Crippen molar-refractivity contribution in [1.29, 1.82) is 0 Å². The number of carbonyl (C=O) groups excluding carboxylic acids is 1. The number of halogens is 1. The van der Waals surface area contributed by atoms with Crippen LogP contribution in [-0.2, 0) is 15.4 Å². The second-order valence-electron chi connectivity index (χ2n) is 13.1. The number of carbonyl (C=O) groups is 1. The molecule has 1 unspecified atom stereocenters. The number of imidazole rings is 1. The van der Waals surface area contributed by atoms with Crippen molar-refractivity contribution in [2.24, 2.45) is 5.14 Å². The first-order valence-corrected chi connectivity index (χ1v) is 17.5. The van der Waals surface area contributed by atoms with Gasteiger partial charge >= 0.3 is 0 Å². The van der Waals surface area contributed by atoms with E-state index in [2.05, 4.69) is 64.9 Å². The van der Waals surface area contributed by atoms with Gasteiger partial charge in [-0.25, -0.2) is 22.9 Å². The Kier molecular flexibility index (Phi) is 7.78. The van der Waals surface area contributed by atoms with Gasteiger partial charge < -0.3 is 9.47 Å². The Morgan fingerprint density at radius 1 is 0.956 bits per heavy atom. The number of aromatic nitrogens is 2. The Morgan fingerprint density at radius 2 is 1.62 bits per heavy atom. The van der Waals surface area contributed by atoms with E-state index >= 15 is 0 Å². The molecule has 4 aromatic rings. The number of likely N-dealkylation sites (tertiary alicyclic amines) is 1. The molecule has 236 valence electrons. The summed E-state index contributed by atoms with van der Waals surface area (Å²) in [6.07, 6.45) is 7.19.